The van der Waals surface area contributed by atoms with Crippen molar-refractivity contribution in [2.75, 3.05) is 36.1 Å². The van der Waals surface area contributed by atoms with Crippen molar-refractivity contribution in [3.05, 3.63) is 173 Å². The third-order valence-corrected chi connectivity index (χ3v) is 29.0. The first-order chi connectivity index (χ1) is 56.5. The number of benzene rings is 6. The second kappa shape index (κ2) is 41.1. The van der Waals surface area contributed by atoms with Crippen molar-refractivity contribution in [2.24, 2.45) is 9.98 Å². The highest BCUT2D eigenvalue weighted by Crippen LogP contribution is 2.40. The number of unbranched alkanes of at least 4 members (excludes halogenated alkanes) is 24. The van der Waals surface area contributed by atoms with Crippen molar-refractivity contribution < 1.29 is 75.6 Å². The molecule has 29 nitrogen and oxygen atoms in total. The number of rotatable bonds is 42. The number of likely N-dealkylation sites (N-methyl/N-ethyl adjacent to an activating group) is 2. The summed E-state index contributed by atoms with van der Waals surface area (Å²) in [5, 5.41) is 4.85. The summed E-state index contributed by atoms with van der Waals surface area (Å²) in [6.45, 7) is 6.14. The molecule has 6 aromatic carbocycles. The molecule has 11 rings (SSSR count). The number of halogens is 1. The number of fused-ring (bicyclic) bond motifs is 4. The zero-order valence-electron chi connectivity index (χ0n) is 66.7. The Morgan fingerprint density at radius 2 is 0.949 bits per heavy atom. The largest absolute Gasteiger partial charge is 0.491 e. The molecule has 632 valence electrons. The van der Waals surface area contributed by atoms with Gasteiger partial charge in [-0.2, -0.15) is 8.42 Å². The minimum absolute atomic E-state index is 0.0124. The number of imide groups is 1. The number of para-hydroxylation sites is 2. The molecule has 0 spiro atoms. The summed E-state index contributed by atoms with van der Waals surface area (Å²) in [6, 6.07) is 26.6. The number of hydrogen-bond acceptors (Lipinski definition) is 21. The van der Waals surface area contributed by atoms with E-state index in [0.717, 1.165) is 77.7 Å². The number of amidine groups is 2. The van der Waals surface area contributed by atoms with E-state index in [9.17, 15) is 70.9 Å². The zero-order valence-corrected chi connectivity index (χ0v) is 71.6. The number of anilines is 3. The van der Waals surface area contributed by atoms with E-state index >= 15 is 0 Å². The van der Waals surface area contributed by atoms with Gasteiger partial charge in [-0.1, -0.05) is 228 Å². The zero-order chi connectivity index (χ0) is 85.0. The van der Waals surface area contributed by atoms with Gasteiger partial charge in [0.05, 0.1) is 55.2 Å². The normalized spacial score (nSPS) is 15.5. The average molecular weight is 1730 g/mol. The Labute approximate surface area is 696 Å². The van der Waals surface area contributed by atoms with E-state index in [2.05, 4.69) is 53.9 Å². The highest BCUT2D eigenvalue weighted by atomic mass is 35.5. The van der Waals surface area contributed by atoms with E-state index in [-0.39, 0.29) is 94.2 Å². The smallest absolute Gasteiger partial charge is 0.286 e. The predicted octanol–water partition coefficient (Wildman–Crippen LogP) is 15.2. The summed E-state index contributed by atoms with van der Waals surface area (Å²) in [7, 11) is -20.0. The quantitative estimate of drug-likeness (QED) is 0.0204. The number of hydrogen-bond donors (Lipinski definition) is 4. The van der Waals surface area contributed by atoms with E-state index in [4.69, 9.17) is 16.3 Å². The maximum absolute atomic E-state index is 14.8. The third kappa shape index (κ3) is 21.7. The fourth-order valence-corrected chi connectivity index (χ4v) is 20.7. The summed E-state index contributed by atoms with van der Waals surface area (Å²) < 4.78 is 149. The van der Waals surface area contributed by atoms with Crippen molar-refractivity contribution in [3.63, 3.8) is 0 Å². The number of aromatic nitrogens is 2. The second-order valence-electron chi connectivity index (χ2n) is 29.3. The standard InChI is InChI=1S/C47H58ClN5O9S3.C36H43N7O8S2/c1-3-4-5-6-7-8-9-10-11-12-13-14-15-16-17-24-33-62-41-32-31-35(63(56,57)51-38-27-20-19-26-37(38)48)34-40(41)50-46(54)44(53-47(55)36-25-18-22-29-42(36)65(53,60)61)45-49-39-28-21-23-30-43(39)64(58,59)52(45)2;1-4-5-6-7-8-9-10-11-12-13-18-29(44)41-52(48,49)25-19-20-28(24(2)23-25)39-33(45)30(43-35(46)26-16-14-15-17-27(26)36(43)47)32-40-31-34(38-22-21-37-31)53(50,51)42(32)3/h18-23,25-32,34,44,51H,3-17,24,33H2,1-2H3,(H,50,54);14-17,19-23,30H,4-13,18H2,1-3H3,(H,39,45)(H,41,44). The van der Waals surface area contributed by atoms with Crippen LogP contribution in [0.3, 0.4) is 0 Å². The molecule has 7 aromatic rings. The molecular formula is C83H101ClN12O17S5. The minimum atomic E-state index is -4.77. The summed E-state index contributed by atoms with van der Waals surface area (Å²) >= 11 is 6.26. The number of ether oxygens (including phenoxy) is 1. The molecule has 4 aliphatic heterocycles. The van der Waals surface area contributed by atoms with Crippen LogP contribution in [0.25, 0.3) is 0 Å². The number of sulfonamides is 5. The molecule has 0 fully saturated rings. The van der Waals surface area contributed by atoms with Gasteiger partial charge in [0.15, 0.2) is 29.6 Å². The molecule has 118 heavy (non-hydrogen) atoms. The van der Waals surface area contributed by atoms with Crippen LogP contribution in [-0.4, -0.2) is 150 Å². The molecule has 0 saturated carbocycles. The number of nitrogens with one attached hydrogen (secondary N) is 4. The monoisotopic (exact) mass is 1730 g/mol. The number of amides is 6. The SMILES string of the molecule is CCCCCCCCCCCCC(=O)NS(=O)(=O)c1ccc(NC(=O)C(C2=Nc3nccnc3S(=O)(=O)N2C)N2C(=O)c3ccccc3C2=O)c(C)c1.CCCCCCCCCCCCCCCCCCOc1ccc(S(=O)(=O)Nc2ccccc2Cl)cc1NC(=O)C(C1=Nc2ccccc2S(=O)(=O)N1C)N1C(=O)c2ccccc2S1(=O)=O. The molecule has 4 N–H and O–H groups in total. The fourth-order valence-electron chi connectivity index (χ4n) is 14.1. The number of aliphatic imine (C=N–C) groups is 2. The van der Waals surface area contributed by atoms with Gasteiger partial charge >= 0.3 is 0 Å². The average Bonchev–Trinajstić information content (AvgIpc) is 1.53. The lowest BCUT2D eigenvalue weighted by molar-refractivity contribution is -0.119. The van der Waals surface area contributed by atoms with Crippen LogP contribution < -0.4 is 24.8 Å². The summed E-state index contributed by atoms with van der Waals surface area (Å²) in [5.74, 6) is -7.02. The lowest BCUT2D eigenvalue weighted by Gasteiger charge is -2.34. The maximum atomic E-state index is 14.8. The van der Waals surface area contributed by atoms with E-state index < -0.39 is 114 Å². The van der Waals surface area contributed by atoms with Crippen LogP contribution >= 0.6 is 11.6 Å². The van der Waals surface area contributed by atoms with Crippen molar-refractivity contribution >= 4 is 137 Å². The Bertz CT molecular complexity index is 5490. The first-order valence-electron chi connectivity index (χ1n) is 40.0. The van der Waals surface area contributed by atoms with Crippen LogP contribution in [0.4, 0.5) is 28.6 Å². The van der Waals surface area contributed by atoms with Crippen LogP contribution in [0.2, 0.25) is 5.02 Å². The summed E-state index contributed by atoms with van der Waals surface area (Å²) in [4.78, 5) is 98.8. The third-order valence-electron chi connectivity index (χ3n) is 20.7. The summed E-state index contributed by atoms with van der Waals surface area (Å²) in [6.07, 6.45) is 32.3. The molecule has 0 bridgehead atoms. The fraction of sp³-hybridized carbons (Fsp3) is 0.422. The van der Waals surface area contributed by atoms with Gasteiger partial charge in [-0.05, 0) is 110 Å². The Kier molecular flexibility index (Phi) is 31.5. The Morgan fingerprint density at radius 1 is 0.475 bits per heavy atom. The van der Waals surface area contributed by atoms with Gasteiger partial charge in [0.25, 0.3) is 79.7 Å². The number of nitrogens with zero attached hydrogens (tertiary/aromatic N) is 8. The Balaban J connectivity index is 0.000000254. The van der Waals surface area contributed by atoms with E-state index in [1.54, 1.807) is 24.3 Å². The molecule has 0 aliphatic carbocycles. The second-order valence-corrected chi connectivity index (χ2v) is 38.7. The topological polar surface area (TPSA) is 394 Å². The predicted molar refractivity (Wildman–Crippen MR) is 451 cm³/mol. The number of carbonyl (C=O) groups is 6. The molecule has 4 aliphatic rings. The van der Waals surface area contributed by atoms with Gasteiger partial charge in [0, 0.05) is 38.6 Å². The van der Waals surface area contributed by atoms with Crippen LogP contribution in [0, 0.1) is 6.92 Å². The molecular weight excluding hydrogens is 1630 g/mol. The molecule has 5 heterocycles. The molecule has 2 unspecified atom stereocenters. The lowest BCUT2D eigenvalue weighted by atomic mass is 10.0. The highest BCUT2D eigenvalue weighted by molar-refractivity contribution is 7.93. The lowest BCUT2D eigenvalue weighted by Crippen LogP contribution is -2.57. The Hall–Kier alpha value is -10.0. The van der Waals surface area contributed by atoms with Crippen LogP contribution in [0.1, 0.15) is 224 Å². The first-order valence-corrected chi connectivity index (χ1v) is 47.6. The molecule has 2 atom stereocenters. The van der Waals surface area contributed by atoms with E-state index in [1.807, 2.05) is 0 Å². The van der Waals surface area contributed by atoms with E-state index in [1.165, 1.54) is 219 Å². The molecule has 35 heteroatoms. The van der Waals surface area contributed by atoms with Crippen molar-refractivity contribution in [1.82, 2.24) is 32.5 Å². The van der Waals surface area contributed by atoms with Crippen LogP contribution in [0.5, 0.6) is 5.75 Å². The minimum Gasteiger partial charge on any atom is -0.491 e. The van der Waals surface area contributed by atoms with Gasteiger partial charge in [-0.15, -0.1) is 0 Å². The number of carbonyl (C=O) groups excluding carboxylic acids is 6. The van der Waals surface area contributed by atoms with Gasteiger partial charge in [-0.3, -0.25) is 47.0 Å². The van der Waals surface area contributed by atoms with Gasteiger partial charge in [0.1, 0.15) is 15.5 Å². The van der Waals surface area contributed by atoms with Gasteiger partial charge in [0.2, 0.25) is 10.9 Å². The van der Waals surface area contributed by atoms with Gasteiger partial charge < -0.3 is 15.4 Å². The summed E-state index contributed by atoms with van der Waals surface area (Å²) in [5.41, 5.74) is -0.0303. The first kappa shape index (κ1) is 90.3. The molecule has 0 saturated heterocycles. The van der Waals surface area contributed by atoms with Crippen LogP contribution in [0.15, 0.2) is 180 Å². The Morgan fingerprint density at radius 3 is 1.53 bits per heavy atom. The maximum Gasteiger partial charge on any atom is 0.286 e. The van der Waals surface area contributed by atoms with Crippen molar-refractivity contribution in [3.8, 4) is 5.75 Å². The molecule has 6 amide bonds. The van der Waals surface area contributed by atoms with Crippen molar-refractivity contribution in [2.45, 2.75) is 231 Å². The van der Waals surface area contributed by atoms with E-state index in [0.29, 0.717) is 30.7 Å². The molecule has 0 radical (unpaired) electrons. The number of aryl methyl sites for hydroxylation is 1. The van der Waals surface area contributed by atoms with Crippen LogP contribution in [-0.2, 0) is 64.5 Å². The highest BCUT2D eigenvalue weighted by Gasteiger charge is 2.53. The van der Waals surface area contributed by atoms with Gasteiger partial charge in [-0.25, -0.2) is 62.7 Å². The molecule has 1 aromatic heterocycles. The van der Waals surface area contributed by atoms with Crippen molar-refractivity contribution in [1.29, 1.82) is 0 Å².